The summed E-state index contributed by atoms with van der Waals surface area (Å²) in [6.07, 6.45) is 1.69. The molecule has 0 amide bonds. The smallest absolute Gasteiger partial charge is 0.159 e. The van der Waals surface area contributed by atoms with Crippen molar-refractivity contribution >= 4 is 27.2 Å². The van der Waals surface area contributed by atoms with E-state index in [4.69, 9.17) is 5.84 Å². The summed E-state index contributed by atoms with van der Waals surface area (Å²) in [5.41, 5.74) is 2.52. The molecule has 2 aromatic heterocycles. The molecule has 3 N–H and O–H groups in total. The standard InChI is InChI=1S/C7H5N3S/c8-10-7-6-5(1-3-9-7)2-4-11-6/h1,3H,8H2,(H,9,10). The molecule has 4 heteroatoms. The fourth-order valence-electron chi connectivity index (χ4n) is 0.884. The van der Waals surface area contributed by atoms with Crippen LogP contribution in [0.3, 0.4) is 0 Å². The first-order chi connectivity index (χ1) is 5.42. The van der Waals surface area contributed by atoms with E-state index < -0.39 is 0 Å². The van der Waals surface area contributed by atoms with E-state index in [1.54, 1.807) is 6.20 Å². The molecule has 3 nitrogen and oxygen atoms in total. The Morgan fingerprint density at radius 3 is 3.36 bits per heavy atom. The molecular weight excluding hydrogens is 158 g/mol. The van der Waals surface area contributed by atoms with Crippen molar-refractivity contribution in [3.8, 4) is 0 Å². The molecule has 2 aromatic rings. The summed E-state index contributed by atoms with van der Waals surface area (Å²) in [6.45, 7) is 0. The van der Waals surface area contributed by atoms with Gasteiger partial charge in [-0.2, -0.15) is 0 Å². The maximum absolute atomic E-state index is 5.24. The first-order valence-corrected chi connectivity index (χ1v) is 3.87. The van der Waals surface area contributed by atoms with Gasteiger partial charge in [-0.1, -0.05) is 11.3 Å². The van der Waals surface area contributed by atoms with Crippen LogP contribution in [0.4, 0.5) is 5.82 Å². The third-order valence-corrected chi connectivity index (χ3v) is 2.20. The number of nitrogens with two attached hydrogens (primary N) is 1. The molecule has 54 valence electrons. The molecule has 0 saturated heterocycles. The molecule has 0 aliphatic heterocycles. The van der Waals surface area contributed by atoms with Gasteiger partial charge in [0.1, 0.15) is 0 Å². The minimum atomic E-state index is 0.685. The van der Waals surface area contributed by atoms with Crippen LogP contribution in [0, 0.1) is 11.4 Å². The minimum absolute atomic E-state index is 0.685. The van der Waals surface area contributed by atoms with Gasteiger partial charge in [-0.15, -0.1) is 0 Å². The average molecular weight is 163 g/mol. The second-order valence-corrected chi connectivity index (χ2v) is 2.83. The summed E-state index contributed by atoms with van der Waals surface area (Å²) in [7, 11) is 0. The molecule has 11 heavy (non-hydrogen) atoms. The molecule has 0 aliphatic carbocycles. The van der Waals surface area contributed by atoms with Gasteiger partial charge in [0.05, 0.1) is 4.70 Å². The Hall–Kier alpha value is -1.31. The Kier molecular flexibility index (Phi) is 1.39. The Labute approximate surface area is 67.8 Å². The van der Waals surface area contributed by atoms with Crippen LogP contribution in [0.15, 0.2) is 12.3 Å². The number of hydrogen-bond donors (Lipinski definition) is 2. The van der Waals surface area contributed by atoms with Crippen LogP contribution in [0.2, 0.25) is 0 Å². The molecular formula is C7H5N3S. The highest BCUT2D eigenvalue weighted by Crippen LogP contribution is 2.22. The molecule has 0 aliphatic rings. The zero-order chi connectivity index (χ0) is 7.68. The molecule has 0 radical (unpaired) electrons. The molecule has 0 unspecified atom stereocenters. The highest BCUT2D eigenvalue weighted by molar-refractivity contribution is 7.16. The summed E-state index contributed by atoms with van der Waals surface area (Å²) in [5, 5.41) is 3.89. The molecule has 2 heterocycles. The number of hydrogen-bond acceptors (Lipinski definition) is 4. The first-order valence-electron chi connectivity index (χ1n) is 3.05. The SMILES string of the molecule is NNc1nccc2c#csc12. The molecule has 0 atom stereocenters. The number of nitrogens with one attached hydrogen (secondary N) is 1. The number of anilines is 1. The maximum Gasteiger partial charge on any atom is 0.159 e. The normalized spacial score (nSPS) is 9.55. The van der Waals surface area contributed by atoms with Crippen LogP contribution in [-0.4, -0.2) is 4.98 Å². The van der Waals surface area contributed by atoms with E-state index in [0.717, 1.165) is 10.1 Å². The fourth-order valence-corrected chi connectivity index (χ4v) is 1.58. The van der Waals surface area contributed by atoms with Crippen LogP contribution < -0.4 is 11.3 Å². The third kappa shape index (κ3) is 0.909. The van der Waals surface area contributed by atoms with Crippen molar-refractivity contribution in [3.63, 3.8) is 0 Å². The second-order valence-electron chi connectivity index (χ2n) is 2.01. The average Bonchev–Trinajstić information content (AvgIpc) is 2.50. The van der Waals surface area contributed by atoms with Crippen molar-refractivity contribution in [2.24, 2.45) is 5.84 Å². The number of hydrazine groups is 1. The van der Waals surface area contributed by atoms with Gasteiger partial charge in [0.15, 0.2) is 5.82 Å². The van der Waals surface area contributed by atoms with Crippen molar-refractivity contribution in [1.82, 2.24) is 4.98 Å². The molecule has 0 bridgehead atoms. The third-order valence-electron chi connectivity index (χ3n) is 1.38. The number of nitrogens with zero attached hydrogens (tertiary/aromatic N) is 1. The Balaban J connectivity index is 2.79. The van der Waals surface area contributed by atoms with Crippen molar-refractivity contribution < 1.29 is 0 Å². The first kappa shape index (κ1) is 6.40. The quantitative estimate of drug-likeness (QED) is 0.490. The monoisotopic (exact) mass is 163 g/mol. The lowest BCUT2D eigenvalue weighted by Crippen LogP contribution is -2.07. The van der Waals surface area contributed by atoms with Crippen LogP contribution in [0.1, 0.15) is 0 Å². The van der Waals surface area contributed by atoms with E-state index in [2.05, 4.69) is 21.9 Å². The zero-order valence-electron chi connectivity index (χ0n) is 5.59. The lowest BCUT2D eigenvalue weighted by Gasteiger charge is -1.96. The zero-order valence-corrected chi connectivity index (χ0v) is 6.40. The lowest BCUT2D eigenvalue weighted by molar-refractivity contribution is 1.26. The Morgan fingerprint density at radius 1 is 1.64 bits per heavy atom. The number of fused-ring (bicyclic) bond motifs is 1. The minimum Gasteiger partial charge on any atom is -0.307 e. The van der Waals surface area contributed by atoms with Gasteiger partial charge < -0.3 is 5.43 Å². The number of aromatic nitrogens is 1. The summed E-state index contributed by atoms with van der Waals surface area (Å²) in [5.74, 6) is 5.93. The molecule has 2 rings (SSSR count). The van der Waals surface area contributed by atoms with E-state index in [0.29, 0.717) is 5.82 Å². The highest BCUT2D eigenvalue weighted by atomic mass is 32.1. The second kappa shape index (κ2) is 2.38. The molecule has 0 fully saturated rings. The number of rotatable bonds is 1. The maximum atomic E-state index is 5.24. The predicted molar refractivity (Wildman–Crippen MR) is 45.1 cm³/mol. The molecule has 0 spiro atoms. The highest BCUT2D eigenvalue weighted by Gasteiger charge is 1.99. The van der Waals surface area contributed by atoms with Crippen LogP contribution >= 0.6 is 11.3 Å². The van der Waals surface area contributed by atoms with Crippen molar-refractivity contribution in [1.29, 1.82) is 0 Å². The van der Waals surface area contributed by atoms with E-state index >= 15 is 0 Å². The van der Waals surface area contributed by atoms with Gasteiger partial charge in [0.2, 0.25) is 0 Å². The van der Waals surface area contributed by atoms with Crippen molar-refractivity contribution in [2.75, 3.05) is 5.43 Å². The van der Waals surface area contributed by atoms with Gasteiger partial charge in [-0.3, -0.25) is 0 Å². The van der Waals surface area contributed by atoms with E-state index in [1.165, 1.54) is 11.3 Å². The summed E-state index contributed by atoms with van der Waals surface area (Å²) in [6, 6.07) is 4.83. The Bertz CT molecular complexity index is 368. The number of nitrogen functional groups attached to an aromatic ring is 1. The van der Waals surface area contributed by atoms with Crippen LogP contribution in [0.5, 0.6) is 0 Å². The van der Waals surface area contributed by atoms with Crippen molar-refractivity contribution in [2.45, 2.75) is 0 Å². The molecule has 0 saturated carbocycles. The summed E-state index contributed by atoms with van der Waals surface area (Å²) in [4.78, 5) is 4.03. The molecule has 0 aromatic carbocycles. The van der Waals surface area contributed by atoms with Crippen molar-refractivity contribution in [3.05, 3.63) is 23.7 Å². The summed E-state index contributed by atoms with van der Waals surface area (Å²) >= 11 is 1.45. The van der Waals surface area contributed by atoms with E-state index in [-0.39, 0.29) is 0 Å². The van der Waals surface area contributed by atoms with E-state index in [9.17, 15) is 0 Å². The van der Waals surface area contributed by atoms with Gasteiger partial charge in [0.25, 0.3) is 0 Å². The van der Waals surface area contributed by atoms with E-state index in [1.807, 2.05) is 6.07 Å². The van der Waals surface area contributed by atoms with Crippen LogP contribution in [0.25, 0.3) is 10.1 Å². The Morgan fingerprint density at radius 2 is 2.55 bits per heavy atom. The topological polar surface area (TPSA) is 50.9 Å². The van der Waals surface area contributed by atoms with Gasteiger partial charge in [-0.05, 0) is 17.5 Å². The van der Waals surface area contributed by atoms with Crippen LogP contribution in [-0.2, 0) is 0 Å². The number of pyridine rings is 1. The fraction of sp³-hybridized carbons (Fsp3) is 0. The largest absolute Gasteiger partial charge is 0.307 e. The lowest BCUT2D eigenvalue weighted by atomic mass is 10.3. The van der Waals surface area contributed by atoms with Gasteiger partial charge in [0, 0.05) is 11.6 Å². The van der Waals surface area contributed by atoms with Gasteiger partial charge >= 0.3 is 0 Å². The van der Waals surface area contributed by atoms with Gasteiger partial charge in [-0.25, -0.2) is 10.8 Å². The summed E-state index contributed by atoms with van der Waals surface area (Å²) < 4.78 is 0.995. The predicted octanol–water partition coefficient (Wildman–Crippen LogP) is 1.18.